The molecule has 1 aromatic heterocycles. The molecule has 23 heavy (non-hydrogen) atoms. The maximum Gasteiger partial charge on any atom is 0.249 e. The maximum atomic E-state index is 6.11. The molecule has 3 aromatic rings. The Morgan fingerprint density at radius 2 is 1.83 bits per heavy atom. The summed E-state index contributed by atoms with van der Waals surface area (Å²) in [5.74, 6) is 0.937. The van der Waals surface area contributed by atoms with E-state index in [0.717, 1.165) is 16.9 Å². The lowest BCUT2D eigenvalue weighted by molar-refractivity contribution is 0.982. The molecule has 5 nitrogen and oxygen atoms in total. The van der Waals surface area contributed by atoms with Crippen LogP contribution in [0.15, 0.2) is 48.7 Å². The van der Waals surface area contributed by atoms with Crippen molar-refractivity contribution in [2.24, 2.45) is 0 Å². The summed E-state index contributed by atoms with van der Waals surface area (Å²) in [7, 11) is 0. The Morgan fingerprint density at radius 1 is 1.00 bits per heavy atom. The molecule has 0 saturated heterocycles. The molecule has 1 heterocycles. The third-order valence-corrected chi connectivity index (χ3v) is 3.81. The minimum Gasteiger partial charge on any atom is -0.339 e. The molecule has 0 aliphatic rings. The average Bonchev–Trinajstić information content (AvgIpc) is 2.52. The molecule has 2 aromatic carbocycles. The zero-order chi connectivity index (χ0) is 16.2. The van der Waals surface area contributed by atoms with Crippen LogP contribution in [0.2, 0.25) is 10.0 Å². The number of nitrogens with zero attached hydrogens (tertiary/aromatic N) is 3. The second-order valence-electron chi connectivity index (χ2n) is 4.84. The summed E-state index contributed by atoms with van der Waals surface area (Å²) in [6.45, 7) is 1.92. The van der Waals surface area contributed by atoms with Gasteiger partial charge in [0, 0.05) is 21.4 Å². The number of aromatic nitrogens is 3. The van der Waals surface area contributed by atoms with Gasteiger partial charge in [-0.3, -0.25) is 0 Å². The standard InChI is InChI=1S/C16H13Cl2N5/c1-10-13(18)6-3-7-14(10)21-16-22-15(9-19-23-16)20-12-5-2-4-11(17)8-12/h2-9H,1H3,(H2,20,21,22,23). The molecule has 0 radical (unpaired) electrons. The van der Waals surface area contributed by atoms with Crippen LogP contribution in [0.4, 0.5) is 23.1 Å². The molecule has 116 valence electrons. The smallest absolute Gasteiger partial charge is 0.249 e. The molecule has 3 rings (SSSR count). The maximum absolute atomic E-state index is 6.11. The van der Waals surface area contributed by atoms with Crippen LogP contribution < -0.4 is 10.6 Å². The normalized spacial score (nSPS) is 10.4. The summed E-state index contributed by atoms with van der Waals surface area (Å²) in [5.41, 5.74) is 2.58. The van der Waals surface area contributed by atoms with Crippen molar-refractivity contribution in [3.63, 3.8) is 0 Å². The molecular formula is C16H13Cl2N5. The number of hydrogen-bond acceptors (Lipinski definition) is 5. The Morgan fingerprint density at radius 3 is 2.65 bits per heavy atom. The SMILES string of the molecule is Cc1c(Cl)cccc1Nc1nncc(Nc2cccc(Cl)c2)n1. The Bertz CT molecular complexity index is 838. The van der Waals surface area contributed by atoms with E-state index in [1.165, 1.54) is 6.20 Å². The van der Waals surface area contributed by atoms with E-state index in [-0.39, 0.29) is 0 Å². The molecule has 0 aliphatic carbocycles. The summed E-state index contributed by atoms with van der Waals surface area (Å²) in [5, 5.41) is 15.5. The van der Waals surface area contributed by atoms with Crippen LogP contribution in [0.25, 0.3) is 0 Å². The lowest BCUT2D eigenvalue weighted by Gasteiger charge is -2.10. The van der Waals surface area contributed by atoms with Gasteiger partial charge in [-0.1, -0.05) is 35.3 Å². The molecule has 0 fully saturated rings. The van der Waals surface area contributed by atoms with Gasteiger partial charge in [0.2, 0.25) is 5.95 Å². The summed E-state index contributed by atoms with van der Waals surface area (Å²) in [4.78, 5) is 4.38. The number of nitrogens with one attached hydrogen (secondary N) is 2. The van der Waals surface area contributed by atoms with Crippen molar-refractivity contribution in [3.05, 3.63) is 64.3 Å². The highest BCUT2D eigenvalue weighted by Crippen LogP contribution is 2.25. The van der Waals surface area contributed by atoms with Gasteiger partial charge >= 0.3 is 0 Å². The van der Waals surface area contributed by atoms with Crippen LogP contribution in [-0.4, -0.2) is 15.2 Å². The fourth-order valence-corrected chi connectivity index (χ4v) is 2.36. The predicted octanol–water partition coefficient (Wildman–Crippen LogP) is 4.97. The van der Waals surface area contributed by atoms with Crippen molar-refractivity contribution in [2.75, 3.05) is 10.6 Å². The van der Waals surface area contributed by atoms with Gasteiger partial charge in [0.05, 0.1) is 6.20 Å². The Kier molecular flexibility index (Phi) is 4.60. The zero-order valence-electron chi connectivity index (χ0n) is 12.2. The minimum absolute atomic E-state index is 0.377. The van der Waals surface area contributed by atoms with Gasteiger partial charge in [-0.25, -0.2) is 0 Å². The summed E-state index contributed by atoms with van der Waals surface area (Å²) in [6, 6.07) is 13.0. The van der Waals surface area contributed by atoms with E-state index < -0.39 is 0 Å². The third-order valence-electron chi connectivity index (χ3n) is 3.17. The van der Waals surface area contributed by atoms with Crippen LogP contribution in [0.5, 0.6) is 0 Å². The van der Waals surface area contributed by atoms with Crippen molar-refractivity contribution in [1.29, 1.82) is 0 Å². The monoisotopic (exact) mass is 345 g/mol. The molecule has 2 N–H and O–H groups in total. The van der Waals surface area contributed by atoms with Gasteiger partial charge in [0.1, 0.15) is 0 Å². The summed E-state index contributed by atoms with van der Waals surface area (Å²) < 4.78 is 0. The largest absolute Gasteiger partial charge is 0.339 e. The second-order valence-corrected chi connectivity index (χ2v) is 5.68. The molecular weight excluding hydrogens is 333 g/mol. The average molecular weight is 346 g/mol. The van der Waals surface area contributed by atoms with Gasteiger partial charge in [0.15, 0.2) is 5.82 Å². The lowest BCUT2D eigenvalue weighted by atomic mass is 10.2. The van der Waals surface area contributed by atoms with Crippen LogP contribution in [0, 0.1) is 6.92 Å². The first-order valence-electron chi connectivity index (χ1n) is 6.86. The van der Waals surface area contributed by atoms with E-state index in [4.69, 9.17) is 23.2 Å². The Hall–Kier alpha value is -2.37. The van der Waals surface area contributed by atoms with E-state index in [2.05, 4.69) is 25.8 Å². The highest BCUT2D eigenvalue weighted by molar-refractivity contribution is 6.31. The van der Waals surface area contributed by atoms with E-state index in [1.807, 2.05) is 37.3 Å². The Balaban J connectivity index is 1.81. The van der Waals surface area contributed by atoms with Gasteiger partial charge in [-0.15, -0.1) is 5.10 Å². The first-order chi connectivity index (χ1) is 11.1. The van der Waals surface area contributed by atoms with E-state index in [1.54, 1.807) is 12.1 Å². The highest BCUT2D eigenvalue weighted by Gasteiger charge is 2.06. The van der Waals surface area contributed by atoms with Gasteiger partial charge in [0.25, 0.3) is 0 Å². The van der Waals surface area contributed by atoms with Gasteiger partial charge < -0.3 is 10.6 Å². The molecule has 0 aliphatic heterocycles. The number of hydrogen-bond donors (Lipinski definition) is 2. The van der Waals surface area contributed by atoms with Gasteiger partial charge in [-0.2, -0.15) is 10.1 Å². The second kappa shape index (κ2) is 6.81. The van der Waals surface area contributed by atoms with E-state index >= 15 is 0 Å². The summed E-state index contributed by atoms with van der Waals surface area (Å²) in [6.07, 6.45) is 1.54. The summed E-state index contributed by atoms with van der Waals surface area (Å²) >= 11 is 12.1. The first-order valence-corrected chi connectivity index (χ1v) is 7.62. The number of rotatable bonds is 4. The molecule has 0 bridgehead atoms. The van der Waals surface area contributed by atoms with Crippen LogP contribution in [0.1, 0.15) is 5.56 Å². The molecule has 0 spiro atoms. The van der Waals surface area contributed by atoms with Crippen molar-refractivity contribution >= 4 is 46.3 Å². The van der Waals surface area contributed by atoms with E-state index in [9.17, 15) is 0 Å². The van der Waals surface area contributed by atoms with Crippen LogP contribution in [0.3, 0.4) is 0 Å². The van der Waals surface area contributed by atoms with Gasteiger partial charge in [-0.05, 0) is 42.8 Å². The van der Waals surface area contributed by atoms with E-state index in [0.29, 0.717) is 21.8 Å². The molecule has 0 unspecified atom stereocenters. The first kappa shape index (κ1) is 15.5. The quantitative estimate of drug-likeness (QED) is 0.698. The fraction of sp³-hybridized carbons (Fsp3) is 0.0625. The van der Waals surface area contributed by atoms with Crippen molar-refractivity contribution < 1.29 is 0 Å². The molecule has 0 amide bonds. The highest BCUT2D eigenvalue weighted by atomic mass is 35.5. The molecule has 7 heteroatoms. The van der Waals surface area contributed by atoms with Crippen molar-refractivity contribution in [1.82, 2.24) is 15.2 Å². The predicted molar refractivity (Wildman–Crippen MR) is 94.0 cm³/mol. The molecule has 0 saturated carbocycles. The van der Waals surface area contributed by atoms with Crippen LogP contribution >= 0.6 is 23.2 Å². The number of benzene rings is 2. The zero-order valence-corrected chi connectivity index (χ0v) is 13.7. The molecule has 0 atom stereocenters. The third kappa shape index (κ3) is 3.88. The number of anilines is 4. The minimum atomic E-state index is 0.377. The van der Waals surface area contributed by atoms with Crippen molar-refractivity contribution in [2.45, 2.75) is 6.92 Å². The lowest BCUT2D eigenvalue weighted by Crippen LogP contribution is -2.03. The Labute approximate surface area is 143 Å². The number of halogens is 2. The topological polar surface area (TPSA) is 62.7 Å². The van der Waals surface area contributed by atoms with Crippen LogP contribution in [-0.2, 0) is 0 Å². The fourth-order valence-electron chi connectivity index (χ4n) is 1.99. The van der Waals surface area contributed by atoms with Crippen molar-refractivity contribution in [3.8, 4) is 0 Å².